The predicted molar refractivity (Wildman–Crippen MR) is 85.5 cm³/mol. The minimum Gasteiger partial charge on any atom is -0.497 e. The highest BCUT2D eigenvalue weighted by Gasteiger charge is 2.25. The molecule has 1 amide bonds. The van der Waals surface area contributed by atoms with Crippen LogP contribution in [-0.4, -0.2) is 37.0 Å². The Hall–Kier alpha value is -1.75. The van der Waals surface area contributed by atoms with Crippen LogP contribution in [0.5, 0.6) is 5.75 Å². The van der Waals surface area contributed by atoms with Crippen molar-refractivity contribution in [3.05, 3.63) is 18.2 Å². The van der Waals surface area contributed by atoms with Crippen LogP contribution in [0.4, 0.5) is 11.4 Å². The normalized spacial score (nSPS) is 20.8. The average Bonchev–Trinajstić information content (AvgIpc) is 2.48. The fourth-order valence-corrected chi connectivity index (χ4v) is 2.76. The van der Waals surface area contributed by atoms with Crippen molar-refractivity contribution >= 4 is 17.3 Å². The summed E-state index contributed by atoms with van der Waals surface area (Å²) in [6, 6.07) is 5.13. The number of piperidine rings is 1. The average molecular weight is 291 g/mol. The number of nitrogens with two attached hydrogens (primary N) is 1. The second-order valence-corrected chi connectivity index (χ2v) is 5.86. The van der Waals surface area contributed by atoms with Gasteiger partial charge in [0, 0.05) is 12.6 Å². The summed E-state index contributed by atoms with van der Waals surface area (Å²) in [5.41, 5.74) is 7.09. The van der Waals surface area contributed by atoms with Gasteiger partial charge in [-0.1, -0.05) is 6.92 Å². The summed E-state index contributed by atoms with van der Waals surface area (Å²) >= 11 is 0. The van der Waals surface area contributed by atoms with E-state index in [1.54, 1.807) is 25.3 Å². The highest BCUT2D eigenvalue weighted by molar-refractivity contribution is 5.97. The molecule has 2 unspecified atom stereocenters. The molecule has 21 heavy (non-hydrogen) atoms. The first-order chi connectivity index (χ1) is 10.0. The molecule has 1 aliphatic rings. The molecule has 1 aromatic rings. The van der Waals surface area contributed by atoms with Crippen molar-refractivity contribution in [1.29, 1.82) is 0 Å². The molecule has 1 aliphatic heterocycles. The van der Waals surface area contributed by atoms with Crippen molar-refractivity contribution < 1.29 is 9.53 Å². The highest BCUT2D eigenvalue weighted by Crippen LogP contribution is 2.25. The summed E-state index contributed by atoms with van der Waals surface area (Å²) < 4.78 is 5.11. The minimum atomic E-state index is -0.144. The summed E-state index contributed by atoms with van der Waals surface area (Å²) in [7, 11) is 1.59. The van der Waals surface area contributed by atoms with Crippen molar-refractivity contribution in [2.75, 3.05) is 31.2 Å². The molecule has 0 aromatic heterocycles. The SMILES string of the molecule is COc1ccc(NC(=O)C(C)N2CCCC(C)C2)c(N)c1. The van der Waals surface area contributed by atoms with Gasteiger partial charge in [0.25, 0.3) is 0 Å². The summed E-state index contributed by atoms with van der Waals surface area (Å²) in [6.07, 6.45) is 2.40. The maximum absolute atomic E-state index is 12.4. The van der Waals surface area contributed by atoms with Crippen LogP contribution in [0.25, 0.3) is 0 Å². The van der Waals surface area contributed by atoms with Gasteiger partial charge in [-0.25, -0.2) is 0 Å². The molecular weight excluding hydrogens is 266 g/mol. The number of hydrogen-bond donors (Lipinski definition) is 2. The number of nitrogens with one attached hydrogen (secondary N) is 1. The lowest BCUT2D eigenvalue weighted by Crippen LogP contribution is -2.46. The predicted octanol–water partition coefficient (Wildman–Crippen LogP) is 2.34. The Morgan fingerprint density at radius 2 is 2.29 bits per heavy atom. The summed E-state index contributed by atoms with van der Waals surface area (Å²) in [5.74, 6) is 1.32. The first-order valence-electron chi connectivity index (χ1n) is 7.49. The van der Waals surface area contributed by atoms with Gasteiger partial charge in [0.1, 0.15) is 5.75 Å². The molecule has 1 fully saturated rings. The molecule has 1 heterocycles. The first kappa shape index (κ1) is 15.6. The van der Waals surface area contributed by atoms with Crippen molar-refractivity contribution in [3.63, 3.8) is 0 Å². The second kappa shape index (κ2) is 6.80. The van der Waals surface area contributed by atoms with E-state index >= 15 is 0 Å². The summed E-state index contributed by atoms with van der Waals surface area (Å²) in [4.78, 5) is 14.6. The van der Waals surface area contributed by atoms with E-state index in [4.69, 9.17) is 10.5 Å². The Balaban J connectivity index is 2.00. The van der Waals surface area contributed by atoms with Gasteiger partial charge in [-0.05, 0) is 44.4 Å². The molecule has 1 saturated heterocycles. The van der Waals surface area contributed by atoms with Crippen molar-refractivity contribution in [1.82, 2.24) is 4.90 Å². The molecule has 5 nitrogen and oxygen atoms in total. The Kier molecular flexibility index (Phi) is 5.07. The van der Waals surface area contributed by atoms with Crippen molar-refractivity contribution in [3.8, 4) is 5.75 Å². The lowest BCUT2D eigenvalue weighted by atomic mass is 9.99. The molecule has 5 heteroatoms. The second-order valence-electron chi connectivity index (χ2n) is 5.86. The third kappa shape index (κ3) is 3.88. The lowest BCUT2D eigenvalue weighted by Gasteiger charge is -2.34. The van der Waals surface area contributed by atoms with Gasteiger partial charge < -0.3 is 15.8 Å². The maximum atomic E-state index is 12.4. The number of benzene rings is 1. The number of amides is 1. The number of nitrogens with zero attached hydrogens (tertiary/aromatic N) is 1. The quantitative estimate of drug-likeness (QED) is 0.836. The van der Waals surface area contributed by atoms with E-state index in [1.165, 1.54) is 6.42 Å². The first-order valence-corrected chi connectivity index (χ1v) is 7.49. The third-order valence-corrected chi connectivity index (χ3v) is 4.13. The van der Waals surface area contributed by atoms with Crippen LogP contribution in [-0.2, 0) is 4.79 Å². The Morgan fingerprint density at radius 1 is 1.52 bits per heavy atom. The van der Waals surface area contributed by atoms with E-state index in [0.29, 0.717) is 23.0 Å². The third-order valence-electron chi connectivity index (χ3n) is 4.13. The number of likely N-dealkylation sites (tertiary alicyclic amines) is 1. The van der Waals surface area contributed by atoms with Gasteiger partial charge in [-0.3, -0.25) is 9.69 Å². The Bertz CT molecular complexity index is 504. The van der Waals surface area contributed by atoms with Crippen molar-refractivity contribution in [2.45, 2.75) is 32.7 Å². The molecule has 116 valence electrons. The number of hydrogen-bond acceptors (Lipinski definition) is 4. The summed E-state index contributed by atoms with van der Waals surface area (Å²) in [6.45, 7) is 6.15. The zero-order valence-electron chi connectivity index (χ0n) is 13.1. The number of anilines is 2. The molecule has 2 rings (SSSR count). The molecule has 0 aliphatic carbocycles. The number of nitrogen functional groups attached to an aromatic ring is 1. The molecule has 0 spiro atoms. The van der Waals surface area contributed by atoms with Gasteiger partial charge >= 0.3 is 0 Å². The van der Waals surface area contributed by atoms with Gasteiger partial charge in [-0.2, -0.15) is 0 Å². The number of carbonyl (C=O) groups is 1. The van der Waals surface area contributed by atoms with Crippen LogP contribution < -0.4 is 15.8 Å². The molecule has 2 atom stereocenters. The van der Waals surface area contributed by atoms with Gasteiger partial charge in [0.15, 0.2) is 0 Å². The number of ether oxygens (including phenoxy) is 1. The van der Waals surface area contributed by atoms with Crippen LogP contribution in [0.1, 0.15) is 26.7 Å². The fourth-order valence-electron chi connectivity index (χ4n) is 2.76. The monoisotopic (exact) mass is 291 g/mol. The molecule has 0 bridgehead atoms. The van der Waals surface area contributed by atoms with Crippen LogP contribution >= 0.6 is 0 Å². The van der Waals surface area contributed by atoms with E-state index in [1.807, 2.05) is 6.92 Å². The van der Waals surface area contributed by atoms with Gasteiger partial charge in [-0.15, -0.1) is 0 Å². The topological polar surface area (TPSA) is 67.6 Å². The fraction of sp³-hybridized carbons (Fsp3) is 0.562. The van der Waals surface area contributed by atoms with Gasteiger partial charge in [0.2, 0.25) is 5.91 Å². The number of methoxy groups -OCH3 is 1. The Morgan fingerprint density at radius 3 is 2.90 bits per heavy atom. The highest BCUT2D eigenvalue weighted by atomic mass is 16.5. The largest absolute Gasteiger partial charge is 0.497 e. The van der Waals surface area contributed by atoms with E-state index in [9.17, 15) is 4.79 Å². The van der Waals surface area contributed by atoms with Crippen molar-refractivity contribution in [2.24, 2.45) is 5.92 Å². The molecule has 0 saturated carbocycles. The number of rotatable bonds is 4. The lowest BCUT2D eigenvalue weighted by molar-refractivity contribution is -0.121. The minimum absolute atomic E-state index is 0.0130. The maximum Gasteiger partial charge on any atom is 0.241 e. The zero-order valence-corrected chi connectivity index (χ0v) is 13.1. The Labute approximate surface area is 126 Å². The van der Waals surface area contributed by atoms with Crippen LogP contribution in [0.15, 0.2) is 18.2 Å². The van der Waals surface area contributed by atoms with E-state index in [2.05, 4.69) is 17.1 Å². The van der Waals surface area contributed by atoms with Crippen LogP contribution in [0.3, 0.4) is 0 Å². The molecular formula is C16H25N3O2. The molecule has 1 aromatic carbocycles. The summed E-state index contributed by atoms with van der Waals surface area (Å²) in [5, 5.41) is 2.91. The molecule has 0 radical (unpaired) electrons. The van der Waals surface area contributed by atoms with Crippen LogP contribution in [0.2, 0.25) is 0 Å². The van der Waals surface area contributed by atoms with Crippen LogP contribution in [0, 0.1) is 5.92 Å². The zero-order chi connectivity index (χ0) is 15.4. The van der Waals surface area contributed by atoms with E-state index in [-0.39, 0.29) is 11.9 Å². The number of carbonyl (C=O) groups excluding carboxylic acids is 1. The van der Waals surface area contributed by atoms with E-state index in [0.717, 1.165) is 19.5 Å². The molecule has 3 N–H and O–H groups in total. The standard InChI is InChI=1S/C16H25N3O2/c1-11-5-4-8-19(10-11)12(2)16(20)18-15-7-6-13(21-3)9-14(15)17/h6-7,9,11-12H,4-5,8,10,17H2,1-3H3,(H,18,20). The van der Waals surface area contributed by atoms with E-state index < -0.39 is 0 Å². The smallest absolute Gasteiger partial charge is 0.241 e. The van der Waals surface area contributed by atoms with Gasteiger partial charge in [0.05, 0.1) is 24.5 Å².